The molecule has 196 valence electrons. The van der Waals surface area contributed by atoms with Crippen LogP contribution in [0.4, 0.5) is 5.69 Å². The van der Waals surface area contributed by atoms with Crippen LogP contribution in [0.25, 0.3) is 0 Å². The number of amides is 1. The van der Waals surface area contributed by atoms with Crippen LogP contribution < -0.4 is 14.4 Å². The van der Waals surface area contributed by atoms with Gasteiger partial charge in [-0.2, -0.15) is 4.31 Å². The predicted molar refractivity (Wildman–Crippen MR) is 144 cm³/mol. The van der Waals surface area contributed by atoms with E-state index < -0.39 is 10.0 Å². The third kappa shape index (κ3) is 6.42. The van der Waals surface area contributed by atoms with Gasteiger partial charge in [0.05, 0.1) is 31.3 Å². The minimum Gasteiger partial charge on any atom is -0.497 e. The minimum absolute atomic E-state index is 0.134. The van der Waals surface area contributed by atoms with Gasteiger partial charge < -0.3 is 19.3 Å². The maximum absolute atomic E-state index is 13.6. The molecule has 1 aliphatic heterocycles. The zero-order valence-electron chi connectivity index (χ0n) is 21.2. The number of sulfonamides is 1. The van der Waals surface area contributed by atoms with E-state index in [4.69, 9.17) is 9.47 Å². The molecule has 0 bridgehead atoms. The second-order valence-electron chi connectivity index (χ2n) is 8.79. The van der Waals surface area contributed by atoms with Gasteiger partial charge in [-0.25, -0.2) is 8.42 Å². The Bertz CT molecular complexity index is 1270. The zero-order chi connectivity index (χ0) is 26.3. The molecule has 0 aliphatic carbocycles. The highest BCUT2D eigenvalue weighted by molar-refractivity contribution is 7.89. The van der Waals surface area contributed by atoms with Gasteiger partial charge in [0.2, 0.25) is 15.9 Å². The Kier molecular flexibility index (Phi) is 8.68. The molecule has 4 rings (SSSR count). The normalized spacial score (nSPS) is 14.0. The third-order valence-corrected chi connectivity index (χ3v) is 8.42. The third-order valence-electron chi connectivity index (χ3n) is 6.56. The van der Waals surface area contributed by atoms with Crippen LogP contribution in [-0.2, 0) is 21.2 Å². The van der Waals surface area contributed by atoms with Crippen LogP contribution in [-0.4, -0.2) is 77.0 Å². The first kappa shape index (κ1) is 26.5. The number of rotatable bonds is 10. The number of para-hydroxylation sites is 2. The number of ether oxygens (including phenoxy) is 2. The van der Waals surface area contributed by atoms with Crippen molar-refractivity contribution in [1.82, 2.24) is 9.21 Å². The van der Waals surface area contributed by atoms with Gasteiger partial charge in [-0.05, 0) is 48.4 Å². The number of anilines is 1. The van der Waals surface area contributed by atoms with Crippen molar-refractivity contribution in [3.8, 4) is 11.5 Å². The van der Waals surface area contributed by atoms with E-state index in [1.165, 1.54) is 23.5 Å². The van der Waals surface area contributed by atoms with E-state index in [2.05, 4.69) is 4.90 Å². The molecule has 1 amide bonds. The van der Waals surface area contributed by atoms with Crippen molar-refractivity contribution in [2.45, 2.75) is 11.3 Å². The van der Waals surface area contributed by atoms with Crippen molar-refractivity contribution < 1.29 is 22.7 Å². The van der Waals surface area contributed by atoms with Gasteiger partial charge in [0.15, 0.2) is 0 Å². The van der Waals surface area contributed by atoms with Gasteiger partial charge in [-0.3, -0.25) is 4.79 Å². The first-order valence-electron chi connectivity index (χ1n) is 12.3. The molecule has 0 spiro atoms. The fourth-order valence-corrected chi connectivity index (χ4v) is 5.81. The molecule has 9 heteroatoms. The van der Waals surface area contributed by atoms with Gasteiger partial charge in [0.1, 0.15) is 11.5 Å². The Labute approximate surface area is 219 Å². The number of hydrogen-bond acceptors (Lipinski definition) is 6. The maximum Gasteiger partial charge on any atom is 0.243 e. The van der Waals surface area contributed by atoms with Crippen LogP contribution in [0.3, 0.4) is 0 Å². The van der Waals surface area contributed by atoms with E-state index in [0.29, 0.717) is 38.3 Å². The van der Waals surface area contributed by atoms with E-state index in [1.807, 2.05) is 54.6 Å². The van der Waals surface area contributed by atoms with Crippen LogP contribution >= 0.6 is 0 Å². The monoisotopic (exact) mass is 523 g/mol. The van der Waals surface area contributed by atoms with Crippen molar-refractivity contribution in [3.63, 3.8) is 0 Å². The lowest BCUT2D eigenvalue weighted by Gasteiger charge is -2.37. The topological polar surface area (TPSA) is 79.4 Å². The molecule has 1 aliphatic rings. The fourth-order valence-electron chi connectivity index (χ4n) is 4.42. The number of carbonyl (C=O) groups is 1. The molecule has 1 heterocycles. The Balaban J connectivity index is 1.47. The van der Waals surface area contributed by atoms with E-state index in [1.54, 1.807) is 24.1 Å². The molecule has 37 heavy (non-hydrogen) atoms. The van der Waals surface area contributed by atoms with Crippen LogP contribution in [0.5, 0.6) is 11.5 Å². The molecule has 1 fully saturated rings. The fraction of sp³-hybridized carbons (Fsp3) is 0.321. The molecule has 3 aromatic carbocycles. The second kappa shape index (κ2) is 12.1. The highest BCUT2D eigenvalue weighted by Crippen LogP contribution is 2.28. The summed E-state index contributed by atoms with van der Waals surface area (Å²) in [6.45, 7) is 2.28. The summed E-state index contributed by atoms with van der Waals surface area (Å²) in [7, 11) is -0.715. The highest BCUT2D eigenvalue weighted by Gasteiger charge is 2.30. The largest absolute Gasteiger partial charge is 0.497 e. The lowest BCUT2D eigenvalue weighted by molar-refractivity contribution is -0.131. The van der Waals surface area contributed by atoms with Crippen LogP contribution in [0.1, 0.15) is 5.56 Å². The van der Waals surface area contributed by atoms with Crippen molar-refractivity contribution >= 4 is 21.6 Å². The molecule has 1 saturated heterocycles. The van der Waals surface area contributed by atoms with E-state index in [9.17, 15) is 13.2 Å². The van der Waals surface area contributed by atoms with Crippen molar-refractivity contribution in [1.29, 1.82) is 0 Å². The Hall–Kier alpha value is -3.56. The molecule has 0 N–H and O–H groups in total. The van der Waals surface area contributed by atoms with Crippen molar-refractivity contribution in [2.75, 3.05) is 58.4 Å². The summed E-state index contributed by atoms with van der Waals surface area (Å²) >= 11 is 0. The number of methoxy groups -OCH3 is 2. The molecule has 0 atom stereocenters. The number of nitrogens with zero attached hydrogens (tertiary/aromatic N) is 3. The molecule has 8 nitrogen and oxygen atoms in total. The smallest absolute Gasteiger partial charge is 0.243 e. The summed E-state index contributed by atoms with van der Waals surface area (Å²) in [6.07, 6.45) is 0.505. The van der Waals surface area contributed by atoms with E-state index in [0.717, 1.165) is 17.0 Å². The Morgan fingerprint density at radius 3 is 2.14 bits per heavy atom. The number of carbonyl (C=O) groups excluding carboxylic acids is 1. The van der Waals surface area contributed by atoms with Crippen LogP contribution in [0, 0.1) is 0 Å². The first-order valence-corrected chi connectivity index (χ1v) is 13.7. The molecule has 0 radical (unpaired) electrons. The first-order chi connectivity index (χ1) is 17.9. The summed E-state index contributed by atoms with van der Waals surface area (Å²) in [5, 5.41) is 0. The Morgan fingerprint density at radius 2 is 1.49 bits per heavy atom. The van der Waals surface area contributed by atoms with Crippen LogP contribution in [0.2, 0.25) is 0 Å². The van der Waals surface area contributed by atoms with Gasteiger partial charge in [-0.15, -0.1) is 0 Å². The minimum atomic E-state index is -3.89. The van der Waals surface area contributed by atoms with Crippen molar-refractivity contribution in [2.24, 2.45) is 0 Å². The molecule has 0 aromatic heterocycles. The molecule has 3 aromatic rings. The maximum atomic E-state index is 13.6. The average Bonchev–Trinajstić information content (AvgIpc) is 2.95. The summed E-state index contributed by atoms with van der Waals surface area (Å²) < 4.78 is 39.1. The average molecular weight is 524 g/mol. The lowest BCUT2D eigenvalue weighted by Crippen LogP contribution is -2.52. The number of piperazine rings is 1. The summed E-state index contributed by atoms with van der Waals surface area (Å²) in [4.78, 5) is 17.4. The standard InChI is InChI=1S/C28H33N3O5S/c1-35-24-12-14-25(15-13-24)37(33,34)31(17-16-23-8-4-3-5-9-23)22-28(32)30-20-18-29(19-21-30)26-10-6-7-11-27(26)36-2/h3-15H,16-22H2,1-2H3. The molecule has 0 unspecified atom stereocenters. The molecular weight excluding hydrogens is 490 g/mol. The summed E-state index contributed by atoms with van der Waals surface area (Å²) in [5.41, 5.74) is 2.00. The van der Waals surface area contributed by atoms with Crippen LogP contribution in [0.15, 0.2) is 83.8 Å². The Morgan fingerprint density at radius 1 is 0.838 bits per heavy atom. The lowest BCUT2D eigenvalue weighted by atomic mass is 10.1. The number of hydrogen-bond donors (Lipinski definition) is 0. The highest BCUT2D eigenvalue weighted by atomic mass is 32.2. The van der Waals surface area contributed by atoms with Gasteiger partial charge in [0, 0.05) is 32.7 Å². The number of benzene rings is 3. The summed E-state index contributed by atoms with van der Waals surface area (Å²) in [5.74, 6) is 1.16. The predicted octanol–water partition coefficient (Wildman–Crippen LogP) is 3.29. The summed E-state index contributed by atoms with van der Waals surface area (Å²) in [6, 6.07) is 23.7. The molecule has 0 saturated carbocycles. The SMILES string of the molecule is COc1ccc(S(=O)(=O)N(CCc2ccccc2)CC(=O)N2CCN(c3ccccc3OC)CC2)cc1. The van der Waals surface area contributed by atoms with Gasteiger partial charge >= 0.3 is 0 Å². The quantitative estimate of drug-likeness (QED) is 0.406. The van der Waals surface area contributed by atoms with Gasteiger partial charge in [-0.1, -0.05) is 42.5 Å². The van der Waals surface area contributed by atoms with Gasteiger partial charge in [0.25, 0.3) is 0 Å². The van der Waals surface area contributed by atoms with E-state index in [-0.39, 0.29) is 23.9 Å². The second-order valence-corrected chi connectivity index (χ2v) is 10.7. The van der Waals surface area contributed by atoms with E-state index >= 15 is 0 Å². The van der Waals surface area contributed by atoms with Crippen molar-refractivity contribution in [3.05, 3.63) is 84.4 Å². The molecular formula is C28H33N3O5S. The zero-order valence-corrected chi connectivity index (χ0v) is 22.1.